The number of anilines is 1. The van der Waals surface area contributed by atoms with Crippen LogP contribution in [0.5, 0.6) is 0 Å². The molecule has 152 valence electrons. The van der Waals surface area contributed by atoms with Gasteiger partial charge in [0.25, 0.3) is 6.43 Å². The highest BCUT2D eigenvalue weighted by Crippen LogP contribution is 2.41. The van der Waals surface area contributed by atoms with E-state index in [0.29, 0.717) is 11.3 Å². The van der Waals surface area contributed by atoms with E-state index in [1.807, 2.05) is 0 Å². The lowest BCUT2D eigenvalue weighted by atomic mass is 10.2. The Balaban J connectivity index is 1.45. The lowest BCUT2D eigenvalue weighted by Gasteiger charge is -2.07. The third kappa shape index (κ3) is 4.45. The number of benzene rings is 1. The first kappa shape index (κ1) is 19.5. The molecule has 2 heterocycles. The van der Waals surface area contributed by atoms with Crippen LogP contribution in [-0.2, 0) is 17.9 Å². The van der Waals surface area contributed by atoms with Crippen LogP contribution < -0.4 is 5.32 Å². The third-order valence-electron chi connectivity index (χ3n) is 4.61. The summed E-state index contributed by atoms with van der Waals surface area (Å²) in [6.07, 6.45) is 0.562. The topological polar surface area (TPSA) is 64.7 Å². The molecule has 1 fully saturated rings. The van der Waals surface area contributed by atoms with E-state index >= 15 is 0 Å². The largest absolute Gasteiger partial charge is 0.306 e. The van der Waals surface area contributed by atoms with Crippen LogP contribution in [0.1, 0.15) is 42.1 Å². The maximum Gasteiger partial charge on any atom is 0.282 e. The van der Waals surface area contributed by atoms with Gasteiger partial charge < -0.3 is 5.32 Å². The van der Waals surface area contributed by atoms with Crippen LogP contribution in [-0.4, -0.2) is 25.5 Å². The molecule has 0 bridgehead atoms. The van der Waals surface area contributed by atoms with E-state index in [2.05, 4.69) is 15.5 Å². The SMILES string of the molecule is O=C(Cn1nc(C(F)F)cc1C1CC1)Nc1nn(Cc2ccccc2F)cc1Cl. The van der Waals surface area contributed by atoms with Crippen molar-refractivity contribution in [2.24, 2.45) is 0 Å². The zero-order valence-electron chi connectivity index (χ0n) is 15.2. The highest BCUT2D eigenvalue weighted by molar-refractivity contribution is 6.33. The summed E-state index contributed by atoms with van der Waals surface area (Å²) >= 11 is 6.12. The Morgan fingerprint density at radius 3 is 2.72 bits per heavy atom. The van der Waals surface area contributed by atoms with Crippen molar-refractivity contribution >= 4 is 23.3 Å². The normalized spacial score (nSPS) is 13.8. The summed E-state index contributed by atoms with van der Waals surface area (Å²) in [6.45, 7) is -0.0833. The van der Waals surface area contributed by atoms with Crippen LogP contribution >= 0.6 is 11.6 Å². The Labute approximate surface area is 169 Å². The van der Waals surface area contributed by atoms with Gasteiger partial charge in [-0.15, -0.1) is 0 Å². The number of aromatic nitrogens is 4. The van der Waals surface area contributed by atoms with Gasteiger partial charge in [-0.1, -0.05) is 29.8 Å². The molecule has 1 amide bonds. The molecule has 1 aliphatic carbocycles. The Kier molecular flexibility index (Phi) is 5.31. The van der Waals surface area contributed by atoms with Gasteiger partial charge in [0, 0.05) is 23.4 Å². The summed E-state index contributed by atoms with van der Waals surface area (Å²) in [6, 6.07) is 7.62. The lowest BCUT2D eigenvalue weighted by molar-refractivity contribution is -0.117. The molecule has 0 radical (unpaired) electrons. The Bertz CT molecular complexity index is 1040. The van der Waals surface area contributed by atoms with Crippen LogP contribution in [0.2, 0.25) is 5.02 Å². The highest BCUT2D eigenvalue weighted by atomic mass is 35.5. The molecule has 1 aliphatic rings. The third-order valence-corrected chi connectivity index (χ3v) is 4.88. The molecular formula is C19H17ClF3N5O. The fourth-order valence-corrected chi connectivity index (χ4v) is 3.26. The number of nitrogens with zero attached hydrogens (tertiary/aromatic N) is 4. The van der Waals surface area contributed by atoms with Crippen molar-refractivity contribution in [2.45, 2.75) is 38.3 Å². The summed E-state index contributed by atoms with van der Waals surface area (Å²) in [5.74, 6) is -0.590. The fraction of sp³-hybridized carbons (Fsp3) is 0.316. The van der Waals surface area contributed by atoms with E-state index in [1.54, 1.807) is 18.2 Å². The molecule has 4 rings (SSSR count). The minimum absolute atomic E-state index is 0.113. The van der Waals surface area contributed by atoms with Crippen LogP contribution in [0.15, 0.2) is 36.5 Å². The molecule has 0 saturated heterocycles. The average molecular weight is 424 g/mol. The van der Waals surface area contributed by atoms with Gasteiger partial charge in [-0.25, -0.2) is 13.2 Å². The summed E-state index contributed by atoms with van der Waals surface area (Å²) in [5.41, 5.74) is 0.716. The molecule has 1 aromatic carbocycles. The van der Waals surface area contributed by atoms with Crippen molar-refractivity contribution in [3.63, 3.8) is 0 Å². The molecule has 0 aliphatic heterocycles. The van der Waals surface area contributed by atoms with E-state index < -0.39 is 12.3 Å². The number of nitrogens with one attached hydrogen (secondary N) is 1. The van der Waals surface area contributed by atoms with E-state index in [-0.39, 0.29) is 41.4 Å². The van der Waals surface area contributed by atoms with Gasteiger partial charge in [0.2, 0.25) is 5.91 Å². The Morgan fingerprint density at radius 2 is 2.03 bits per heavy atom. The predicted molar refractivity (Wildman–Crippen MR) is 101 cm³/mol. The highest BCUT2D eigenvalue weighted by Gasteiger charge is 2.30. The van der Waals surface area contributed by atoms with Crippen molar-refractivity contribution < 1.29 is 18.0 Å². The molecule has 1 saturated carbocycles. The van der Waals surface area contributed by atoms with E-state index in [9.17, 15) is 18.0 Å². The van der Waals surface area contributed by atoms with Crippen molar-refractivity contribution in [3.8, 4) is 0 Å². The van der Waals surface area contributed by atoms with Crippen molar-refractivity contribution in [1.29, 1.82) is 0 Å². The first-order valence-electron chi connectivity index (χ1n) is 9.02. The number of carbonyl (C=O) groups excluding carboxylic acids is 1. The molecule has 1 N–H and O–H groups in total. The van der Waals surface area contributed by atoms with Crippen LogP contribution in [0.4, 0.5) is 19.0 Å². The van der Waals surface area contributed by atoms with Gasteiger partial charge in [-0.3, -0.25) is 14.2 Å². The molecule has 0 atom stereocenters. The van der Waals surface area contributed by atoms with Gasteiger partial charge in [-0.05, 0) is 25.0 Å². The number of hydrogen-bond acceptors (Lipinski definition) is 3. The molecule has 0 spiro atoms. The zero-order chi connectivity index (χ0) is 20.5. The molecule has 29 heavy (non-hydrogen) atoms. The minimum atomic E-state index is -2.69. The van der Waals surface area contributed by atoms with Crippen LogP contribution in [0.3, 0.4) is 0 Å². The van der Waals surface area contributed by atoms with Gasteiger partial charge in [0.05, 0.1) is 6.54 Å². The summed E-state index contributed by atoms with van der Waals surface area (Å²) in [5, 5.41) is 10.8. The van der Waals surface area contributed by atoms with Crippen molar-refractivity contribution in [1.82, 2.24) is 19.6 Å². The van der Waals surface area contributed by atoms with E-state index in [1.165, 1.54) is 27.7 Å². The monoisotopic (exact) mass is 423 g/mol. The lowest BCUT2D eigenvalue weighted by Crippen LogP contribution is -2.21. The quantitative estimate of drug-likeness (QED) is 0.613. The first-order chi connectivity index (χ1) is 13.9. The van der Waals surface area contributed by atoms with E-state index in [4.69, 9.17) is 11.6 Å². The number of amides is 1. The summed E-state index contributed by atoms with van der Waals surface area (Å²) in [4.78, 5) is 12.4. The van der Waals surface area contributed by atoms with Crippen molar-refractivity contribution in [3.05, 3.63) is 64.3 Å². The van der Waals surface area contributed by atoms with E-state index in [0.717, 1.165) is 12.8 Å². The molecular weight excluding hydrogens is 407 g/mol. The fourth-order valence-electron chi connectivity index (χ4n) is 3.06. The van der Waals surface area contributed by atoms with Crippen LogP contribution in [0, 0.1) is 5.82 Å². The second kappa shape index (κ2) is 7.90. The second-order valence-electron chi connectivity index (χ2n) is 6.89. The van der Waals surface area contributed by atoms with Crippen LogP contribution in [0.25, 0.3) is 0 Å². The standard InChI is InChI=1S/C19H17ClF3N5O/c20-13-9-27(8-12-3-1-2-4-14(12)21)26-19(13)24-17(29)10-28-16(11-5-6-11)7-15(25-28)18(22)23/h1-4,7,9,11,18H,5-6,8,10H2,(H,24,26,29). The number of alkyl halides is 2. The van der Waals surface area contributed by atoms with Gasteiger partial charge in [-0.2, -0.15) is 10.2 Å². The number of hydrogen-bond donors (Lipinski definition) is 1. The van der Waals surface area contributed by atoms with Gasteiger partial charge in [0.1, 0.15) is 23.1 Å². The average Bonchev–Trinajstić information content (AvgIpc) is 3.34. The van der Waals surface area contributed by atoms with Crippen molar-refractivity contribution in [2.75, 3.05) is 5.32 Å². The van der Waals surface area contributed by atoms with Gasteiger partial charge >= 0.3 is 0 Å². The molecule has 2 aromatic heterocycles. The smallest absolute Gasteiger partial charge is 0.282 e. The molecule has 3 aromatic rings. The molecule has 0 unspecified atom stereocenters. The molecule has 6 nitrogen and oxygen atoms in total. The number of halogens is 4. The maximum atomic E-state index is 13.8. The first-order valence-corrected chi connectivity index (χ1v) is 9.40. The minimum Gasteiger partial charge on any atom is -0.306 e. The molecule has 10 heteroatoms. The summed E-state index contributed by atoms with van der Waals surface area (Å²) in [7, 11) is 0. The second-order valence-corrected chi connectivity index (χ2v) is 7.30. The predicted octanol–water partition coefficient (Wildman–Crippen LogP) is 4.37. The number of carbonyl (C=O) groups is 1. The summed E-state index contributed by atoms with van der Waals surface area (Å²) < 4.78 is 42.4. The maximum absolute atomic E-state index is 13.8. The Morgan fingerprint density at radius 1 is 1.28 bits per heavy atom. The zero-order valence-corrected chi connectivity index (χ0v) is 15.9. The number of rotatable bonds is 7. The van der Waals surface area contributed by atoms with Gasteiger partial charge in [0.15, 0.2) is 5.82 Å². The Hall–Kier alpha value is -2.81.